The van der Waals surface area contributed by atoms with Crippen LogP contribution < -0.4 is 10.1 Å². The number of fused-ring (bicyclic) bond motifs is 1. The highest BCUT2D eigenvalue weighted by atomic mass is 79.9. The number of hydrogen-bond acceptors (Lipinski definition) is 3. The van der Waals surface area contributed by atoms with Crippen molar-refractivity contribution in [3.8, 4) is 16.9 Å². The lowest BCUT2D eigenvalue weighted by Gasteiger charge is -2.22. The number of rotatable bonds is 5. The van der Waals surface area contributed by atoms with E-state index < -0.39 is 0 Å². The number of nitrogens with one attached hydrogen (secondary N) is 1. The molecule has 0 saturated heterocycles. The molecule has 5 heteroatoms. The van der Waals surface area contributed by atoms with E-state index in [1.165, 1.54) is 19.3 Å². The molecule has 1 amide bonds. The van der Waals surface area contributed by atoms with E-state index in [1.54, 1.807) is 19.4 Å². The number of amides is 1. The van der Waals surface area contributed by atoms with Gasteiger partial charge < -0.3 is 14.5 Å². The Morgan fingerprint density at radius 3 is 2.58 bits per heavy atom. The second-order valence-electron chi connectivity index (χ2n) is 8.29. The third kappa shape index (κ3) is 4.57. The van der Waals surface area contributed by atoms with Crippen molar-refractivity contribution in [1.29, 1.82) is 0 Å². The molecule has 0 bridgehead atoms. The number of benzene rings is 2. The SMILES string of the molecule is COc1c(/C(C)=C/C(=O)NC2CCCCC2)cc2c(-c3ccc(Br)cc3)coc2c1C. The summed E-state index contributed by atoms with van der Waals surface area (Å²) in [4.78, 5) is 12.7. The largest absolute Gasteiger partial charge is 0.496 e. The maximum absolute atomic E-state index is 12.7. The number of allylic oxidation sites excluding steroid dienone is 1. The maximum Gasteiger partial charge on any atom is 0.244 e. The van der Waals surface area contributed by atoms with Gasteiger partial charge in [0.15, 0.2) is 0 Å². The quantitative estimate of drug-likeness (QED) is 0.397. The van der Waals surface area contributed by atoms with Crippen LogP contribution in [0.5, 0.6) is 5.75 Å². The van der Waals surface area contributed by atoms with Crippen LogP contribution in [0.1, 0.15) is 50.2 Å². The molecule has 4 nitrogen and oxygen atoms in total. The lowest BCUT2D eigenvalue weighted by molar-refractivity contribution is -0.117. The Morgan fingerprint density at radius 1 is 1.19 bits per heavy atom. The Bertz CT molecular complexity index is 1120. The highest BCUT2D eigenvalue weighted by molar-refractivity contribution is 9.10. The Labute approximate surface area is 191 Å². The molecule has 4 rings (SSSR count). The second-order valence-corrected chi connectivity index (χ2v) is 9.20. The van der Waals surface area contributed by atoms with Crippen molar-refractivity contribution >= 4 is 38.4 Å². The fourth-order valence-corrected chi connectivity index (χ4v) is 4.75. The van der Waals surface area contributed by atoms with Gasteiger partial charge in [-0.15, -0.1) is 0 Å². The number of halogens is 1. The molecule has 1 heterocycles. The zero-order chi connectivity index (χ0) is 22.0. The van der Waals surface area contributed by atoms with Gasteiger partial charge in [0.1, 0.15) is 11.3 Å². The lowest BCUT2D eigenvalue weighted by atomic mass is 9.95. The van der Waals surface area contributed by atoms with Gasteiger partial charge in [-0.05, 0) is 56.0 Å². The molecule has 0 unspecified atom stereocenters. The summed E-state index contributed by atoms with van der Waals surface area (Å²) in [6.45, 7) is 3.96. The zero-order valence-electron chi connectivity index (χ0n) is 18.3. The van der Waals surface area contributed by atoms with Gasteiger partial charge in [-0.3, -0.25) is 4.79 Å². The third-order valence-electron chi connectivity index (χ3n) is 6.13. The van der Waals surface area contributed by atoms with E-state index in [2.05, 4.69) is 39.4 Å². The summed E-state index contributed by atoms with van der Waals surface area (Å²) in [7, 11) is 1.66. The van der Waals surface area contributed by atoms with Crippen molar-refractivity contribution < 1.29 is 13.9 Å². The van der Waals surface area contributed by atoms with Crippen molar-refractivity contribution in [1.82, 2.24) is 5.32 Å². The minimum atomic E-state index is -0.0375. The molecule has 0 radical (unpaired) electrons. The van der Waals surface area contributed by atoms with Crippen molar-refractivity contribution in [2.45, 2.75) is 52.0 Å². The summed E-state index contributed by atoms with van der Waals surface area (Å²) in [5.41, 5.74) is 5.61. The molecule has 1 aliphatic carbocycles. The molecule has 2 aromatic carbocycles. The van der Waals surface area contributed by atoms with Crippen LogP contribution in [0.3, 0.4) is 0 Å². The summed E-state index contributed by atoms with van der Waals surface area (Å²) < 4.78 is 12.7. The van der Waals surface area contributed by atoms with Crippen molar-refractivity contribution in [2.24, 2.45) is 0 Å². The number of ether oxygens (including phenoxy) is 1. The first kappa shape index (κ1) is 21.7. The Balaban J connectivity index is 1.72. The Morgan fingerprint density at radius 2 is 1.90 bits per heavy atom. The Hall–Kier alpha value is -2.53. The summed E-state index contributed by atoms with van der Waals surface area (Å²) in [6, 6.07) is 10.5. The van der Waals surface area contributed by atoms with E-state index in [4.69, 9.17) is 9.15 Å². The fraction of sp³-hybridized carbons (Fsp3) is 0.346. The van der Waals surface area contributed by atoms with Gasteiger partial charge in [0.2, 0.25) is 5.91 Å². The summed E-state index contributed by atoms with van der Waals surface area (Å²) in [5.74, 6) is 0.702. The predicted octanol–water partition coefficient (Wildman–Crippen LogP) is 7.03. The van der Waals surface area contributed by atoms with Gasteiger partial charge in [-0.1, -0.05) is 47.3 Å². The topological polar surface area (TPSA) is 51.5 Å². The molecule has 1 N–H and O–H groups in total. The molecular weight excluding hydrogens is 454 g/mol. The smallest absolute Gasteiger partial charge is 0.244 e. The molecule has 0 spiro atoms. The molecule has 3 aromatic rings. The fourth-order valence-electron chi connectivity index (χ4n) is 4.49. The molecule has 162 valence electrons. The third-order valence-corrected chi connectivity index (χ3v) is 6.66. The first-order chi connectivity index (χ1) is 15.0. The van der Waals surface area contributed by atoms with Crippen LogP contribution in [0, 0.1) is 6.92 Å². The van der Waals surface area contributed by atoms with E-state index in [0.29, 0.717) is 0 Å². The minimum Gasteiger partial charge on any atom is -0.496 e. The second kappa shape index (κ2) is 9.31. The zero-order valence-corrected chi connectivity index (χ0v) is 19.8. The van der Waals surface area contributed by atoms with E-state index >= 15 is 0 Å². The number of carbonyl (C=O) groups excluding carboxylic acids is 1. The van der Waals surface area contributed by atoms with Crippen LogP contribution >= 0.6 is 15.9 Å². The first-order valence-electron chi connectivity index (χ1n) is 10.8. The van der Waals surface area contributed by atoms with Crippen molar-refractivity contribution in [3.05, 3.63) is 58.3 Å². The predicted molar refractivity (Wildman–Crippen MR) is 129 cm³/mol. The highest BCUT2D eigenvalue weighted by Crippen LogP contribution is 2.40. The van der Waals surface area contributed by atoms with E-state index in [1.807, 2.05) is 26.0 Å². The Kier molecular flexibility index (Phi) is 6.51. The maximum atomic E-state index is 12.7. The van der Waals surface area contributed by atoms with E-state index in [-0.39, 0.29) is 11.9 Å². The molecule has 0 atom stereocenters. The average Bonchev–Trinajstić information content (AvgIpc) is 3.19. The van der Waals surface area contributed by atoms with Gasteiger partial charge in [-0.2, -0.15) is 0 Å². The van der Waals surface area contributed by atoms with Crippen LogP contribution in [0.4, 0.5) is 0 Å². The lowest BCUT2D eigenvalue weighted by Crippen LogP contribution is -2.35. The number of methoxy groups -OCH3 is 1. The van der Waals surface area contributed by atoms with Gasteiger partial charge in [0.25, 0.3) is 0 Å². The summed E-state index contributed by atoms with van der Waals surface area (Å²) >= 11 is 3.49. The number of carbonyl (C=O) groups is 1. The van der Waals surface area contributed by atoms with Crippen LogP contribution in [0.2, 0.25) is 0 Å². The van der Waals surface area contributed by atoms with Crippen molar-refractivity contribution in [2.75, 3.05) is 7.11 Å². The highest BCUT2D eigenvalue weighted by Gasteiger charge is 2.20. The van der Waals surface area contributed by atoms with Gasteiger partial charge in [-0.25, -0.2) is 0 Å². The molecule has 1 fully saturated rings. The van der Waals surface area contributed by atoms with Gasteiger partial charge in [0.05, 0.1) is 13.4 Å². The van der Waals surface area contributed by atoms with E-state index in [9.17, 15) is 4.79 Å². The van der Waals surface area contributed by atoms with Crippen molar-refractivity contribution in [3.63, 3.8) is 0 Å². The van der Waals surface area contributed by atoms with E-state index in [0.717, 1.165) is 61.9 Å². The monoisotopic (exact) mass is 481 g/mol. The molecule has 1 aliphatic rings. The summed E-state index contributed by atoms with van der Waals surface area (Å²) in [5, 5.41) is 4.18. The first-order valence-corrected chi connectivity index (χ1v) is 11.6. The van der Waals surface area contributed by atoms with Gasteiger partial charge >= 0.3 is 0 Å². The summed E-state index contributed by atoms with van der Waals surface area (Å²) in [6.07, 6.45) is 9.27. The number of hydrogen-bond donors (Lipinski definition) is 1. The van der Waals surface area contributed by atoms with Crippen LogP contribution in [-0.2, 0) is 4.79 Å². The molecule has 1 aromatic heterocycles. The van der Waals surface area contributed by atoms with Crippen LogP contribution in [0.25, 0.3) is 27.7 Å². The molecule has 31 heavy (non-hydrogen) atoms. The number of furan rings is 1. The van der Waals surface area contributed by atoms with Crippen LogP contribution in [0.15, 0.2) is 51.6 Å². The van der Waals surface area contributed by atoms with Crippen LogP contribution in [-0.4, -0.2) is 19.1 Å². The minimum absolute atomic E-state index is 0.0375. The molecule has 0 aliphatic heterocycles. The average molecular weight is 482 g/mol. The molecule has 1 saturated carbocycles. The number of aryl methyl sites for hydroxylation is 1. The normalized spacial score (nSPS) is 15.3. The standard InChI is InChI=1S/C26H28BrNO3/c1-16(13-24(29)28-20-7-5-4-6-8-20)21-14-22-23(18-9-11-19(27)12-10-18)15-31-26(22)17(2)25(21)30-3/h9-15,20H,4-8H2,1-3H3,(H,28,29)/b16-13+. The molecular formula is C26H28BrNO3. The van der Waals surface area contributed by atoms with Gasteiger partial charge in [0, 0.05) is 38.7 Å².